The maximum atomic E-state index is 13.8. The fourth-order valence-electron chi connectivity index (χ4n) is 4.49. The number of fused-ring (bicyclic) bond motifs is 1. The van der Waals surface area contributed by atoms with Crippen molar-refractivity contribution in [3.63, 3.8) is 0 Å². The predicted octanol–water partition coefficient (Wildman–Crippen LogP) is 6.66. The predicted molar refractivity (Wildman–Crippen MR) is 160 cm³/mol. The van der Waals surface area contributed by atoms with Gasteiger partial charge in [-0.15, -0.1) is 0 Å². The van der Waals surface area contributed by atoms with E-state index in [1.54, 1.807) is 43.0 Å². The van der Waals surface area contributed by atoms with Gasteiger partial charge in [-0.2, -0.15) is 4.68 Å². The summed E-state index contributed by atoms with van der Waals surface area (Å²) in [5, 5.41) is 19.2. The minimum atomic E-state index is -0.689. The highest BCUT2D eigenvalue weighted by Crippen LogP contribution is 2.43. The third-order valence-electron chi connectivity index (χ3n) is 6.35. The molecule has 1 unspecified atom stereocenters. The van der Waals surface area contributed by atoms with E-state index in [4.69, 9.17) is 37.4 Å². The summed E-state index contributed by atoms with van der Waals surface area (Å²) in [4.78, 5) is 13.8. The van der Waals surface area contributed by atoms with Crippen molar-refractivity contribution in [2.45, 2.75) is 26.5 Å². The van der Waals surface area contributed by atoms with E-state index in [-0.39, 0.29) is 12.5 Å². The number of nitrogens with one attached hydrogen (secondary N) is 2. The number of benzene rings is 3. The van der Waals surface area contributed by atoms with Crippen molar-refractivity contribution >= 4 is 56.7 Å². The van der Waals surface area contributed by atoms with Crippen LogP contribution in [-0.4, -0.2) is 39.8 Å². The molecular formula is C28H25BrCl2N6O4. The van der Waals surface area contributed by atoms with Crippen LogP contribution in [0.1, 0.15) is 31.0 Å². The van der Waals surface area contributed by atoms with E-state index < -0.39 is 6.04 Å². The number of carbonyl (C=O) groups is 1. The Labute approximate surface area is 254 Å². The number of anilines is 2. The topological polar surface area (TPSA) is 112 Å². The number of halogens is 3. The van der Waals surface area contributed by atoms with Crippen LogP contribution in [-0.2, 0) is 11.4 Å². The zero-order valence-corrected chi connectivity index (χ0v) is 25.3. The Balaban J connectivity index is 1.53. The number of rotatable bonds is 9. The zero-order valence-electron chi connectivity index (χ0n) is 22.2. The van der Waals surface area contributed by atoms with E-state index in [2.05, 4.69) is 42.1 Å². The number of hydrogen-bond donors (Lipinski definition) is 2. The molecule has 0 aliphatic carbocycles. The number of carbonyl (C=O) groups excluding carboxylic acids is 1. The van der Waals surface area contributed by atoms with Gasteiger partial charge in [0.25, 0.3) is 5.91 Å². The van der Waals surface area contributed by atoms with Crippen LogP contribution in [0, 0.1) is 0 Å². The van der Waals surface area contributed by atoms with Crippen LogP contribution in [0.5, 0.6) is 17.2 Å². The summed E-state index contributed by atoms with van der Waals surface area (Å²) in [6.07, 6.45) is 0. The molecule has 4 aromatic rings. The summed E-state index contributed by atoms with van der Waals surface area (Å²) in [5.74, 6) is 1.53. The first kappa shape index (κ1) is 28.7. The summed E-state index contributed by atoms with van der Waals surface area (Å²) >= 11 is 16.0. The van der Waals surface area contributed by atoms with Gasteiger partial charge in [0, 0.05) is 21.3 Å². The molecule has 212 valence electrons. The molecule has 0 fully saturated rings. The van der Waals surface area contributed by atoms with Crippen LogP contribution >= 0.6 is 39.1 Å². The Bertz CT molecular complexity index is 1640. The molecule has 41 heavy (non-hydrogen) atoms. The number of tetrazole rings is 1. The quantitative estimate of drug-likeness (QED) is 0.205. The normalized spacial score (nSPS) is 14.2. The van der Waals surface area contributed by atoms with Crippen molar-refractivity contribution < 1.29 is 19.0 Å². The lowest BCUT2D eigenvalue weighted by Gasteiger charge is -2.29. The number of hydrogen-bond acceptors (Lipinski definition) is 8. The van der Waals surface area contributed by atoms with E-state index in [9.17, 15) is 4.79 Å². The van der Waals surface area contributed by atoms with E-state index in [0.717, 1.165) is 5.56 Å². The lowest BCUT2D eigenvalue weighted by Crippen LogP contribution is -2.31. The number of allylic oxidation sites excluding steroid dienone is 1. The van der Waals surface area contributed by atoms with Crippen molar-refractivity contribution in [1.29, 1.82) is 0 Å². The van der Waals surface area contributed by atoms with E-state index in [0.29, 0.717) is 66.8 Å². The Hall–Kier alpha value is -3.80. The average molecular weight is 660 g/mol. The van der Waals surface area contributed by atoms with Gasteiger partial charge in [0.15, 0.2) is 11.5 Å². The van der Waals surface area contributed by atoms with Gasteiger partial charge in [-0.3, -0.25) is 4.79 Å². The molecule has 1 aliphatic heterocycles. The molecule has 0 saturated carbocycles. The lowest BCUT2D eigenvalue weighted by atomic mass is 9.94. The number of methoxy groups -OCH3 is 1. The van der Waals surface area contributed by atoms with Crippen LogP contribution in [0.2, 0.25) is 10.0 Å². The summed E-state index contributed by atoms with van der Waals surface area (Å²) < 4.78 is 19.7. The fraction of sp³-hybridized carbons (Fsp3) is 0.214. The second-order valence-electron chi connectivity index (χ2n) is 8.96. The van der Waals surface area contributed by atoms with Crippen LogP contribution in [0.3, 0.4) is 0 Å². The van der Waals surface area contributed by atoms with Gasteiger partial charge in [0.1, 0.15) is 18.4 Å². The maximum absolute atomic E-state index is 13.8. The van der Waals surface area contributed by atoms with Gasteiger partial charge in [-0.25, -0.2) is 0 Å². The Morgan fingerprint density at radius 2 is 1.93 bits per heavy atom. The van der Waals surface area contributed by atoms with Crippen molar-refractivity contribution in [2.75, 3.05) is 24.4 Å². The summed E-state index contributed by atoms with van der Waals surface area (Å²) in [6, 6.07) is 15.4. The molecule has 0 spiro atoms. The highest BCUT2D eigenvalue weighted by Gasteiger charge is 2.35. The molecule has 1 amide bonds. The number of nitrogens with zero attached hydrogens (tertiary/aromatic N) is 4. The molecule has 0 saturated heterocycles. The molecule has 0 bridgehead atoms. The largest absolute Gasteiger partial charge is 0.495 e. The van der Waals surface area contributed by atoms with Gasteiger partial charge < -0.3 is 24.8 Å². The molecule has 2 heterocycles. The lowest BCUT2D eigenvalue weighted by molar-refractivity contribution is -0.113. The third-order valence-corrected chi connectivity index (χ3v) is 7.52. The molecule has 2 N–H and O–H groups in total. The SMILES string of the molecule is CCOc1cc(C2C(C(=O)Nc3ccccc3OC)=C(C)Nc3nnnn32)cc(Br)c1OCc1ccc(Cl)cc1Cl. The zero-order chi connectivity index (χ0) is 29.1. The van der Waals surface area contributed by atoms with Gasteiger partial charge in [-0.05, 0) is 82.2 Å². The molecule has 13 heteroatoms. The van der Waals surface area contributed by atoms with E-state index >= 15 is 0 Å². The molecule has 1 atom stereocenters. The van der Waals surface area contributed by atoms with E-state index in [1.807, 2.05) is 37.3 Å². The van der Waals surface area contributed by atoms with Crippen molar-refractivity contribution in [1.82, 2.24) is 20.2 Å². The monoisotopic (exact) mass is 658 g/mol. The number of para-hydroxylation sites is 2. The summed E-state index contributed by atoms with van der Waals surface area (Å²) in [5.41, 5.74) is 2.99. The minimum Gasteiger partial charge on any atom is -0.495 e. The van der Waals surface area contributed by atoms with Gasteiger partial charge in [0.05, 0.1) is 29.4 Å². The second-order valence-corrected chi connectivity index (χ2v) is 10.7. The van der Waals surface area contributed by atoms with Crippen LogP contribution < -0.4 is 24.8 Å². The highest BCUT2D eigenvalue weighted by molar-refractivity contribution is 9.10. The Morgan fingerprint density at radius 1 is 1.12 bits per heavy atom. The van der Waals surface area contributed by atoms with Crippen LogP contribution in [0.15, 0.2) is 70.3 Å². The van der Waals surface area contributed by atoms with Crippen LogP contribution in [0.25, 0.3) is 0 Å². The minimum absolute atomic E-state index is 0.185. The Morgan fingerprint density at radius 3 is 2.68 bits per heavy atom. The summed E-state index contributed by atoms with van der Waals surface area (Å²) in [7, 11) is 1.55. The second kappa shape index (κ2) is 12.4. The highest BCUT2D eigenvalue weighted by atomic mass is 79.9. The number of aromatic nitrogens is 4. The number of ether oxygens (including phenoxy) is 3. The van der Waals surface area contributed by atoms with Gasteiger partial charge in [0.2, 0.25) is 5.95 Å². The first-order chi connectivity index (χ1) is 19.8. The smallest absolute Gasteiger partial charge is 0.255 e. The molecule has 1 aromatic heterocycles. The first-order valence-corrected chi connectivity index (χ1v) is 14.1. The molecule has 0 radical (unpaired) electrons. The van der Waals surface area contributed by atoms with Crippen molar-refractivity contribution in [3.8, 4) is 17.2 Å². The van der Waals surface area contributed by atoms with Crippen molar-refractivity contribution in [2.24, 2.45) is 0 Å². The van der Waals surface area contributed by atoms with Crippen molar-refractivity contribution in [3.05, 3.63) is 91.5 Å². The maximum Gasteiger partial charge on any atom is 0.255 e. The number of amides is 1. The molecule has 1 aliphatic rings. The van der Waals surface area contributed by atoms with Gasteiger partial charge in [-0.1, -0.05) is 46.5 Å². The van der Waals surface area contributed by atoms with Gasteiger partial charge >= 0.3 is 0 Å². The molecular weight excluding hydrogens is 635 g/mol. The molecule has 10 nitrogen and oxygen atoms in total. The fourth-order valence-corrected chi connectivity index (χ4v) is 5.53. The molecule has 5 rings (SSSR count). The standard InChI is InChI=1S/C28H25BrCl2N6O4/c1-4-40-23-12-17(11-19(29)26(23)41-14-16-9-10-18(30)13-20(16)31)25-24(15(2)32-28-34-35-36-37(25)28)27(38)33-21-7-5-6-8-22(21)39-3/h5-13,25H,4,14H2,1-3H3,(H,33,38)(H,32,34,36). The van der Waals surface area contributed by atoms with E-state index in [1.165, 1.54) is 0 Å². The average Bonchev–Trinajstić information content (AvgIpc) is 3.41. The van der Waals surface area contributed by atoms with Crippen LogP contribution in [0.4, 0.5) is 11.6 Å². The first-order valence-electron chi connectivity index (χ1n) is 12.5. The third kappa shape index (κ3) is 5.97. The summed E-state index contributed by atoms with van der Waals surface area (Å²) in [6.45, 7) is 4.24. The molecule has 3 aromatic carbocycles. The Kier molecular flexibility index (Phi) is 8.67.